The Labute approximate surface area is 233 Å². The van der Waals surface area contributed by atoms with Crippen LogP contribution in [0.1, 0.15) is 12.8 Å². The molecule has 0 aliphatic heterocycles. The van der Waals surface area contributed by atoms with E-state index in [1.54, 1.807) is 0 Å². The highest BCUT2D eigenvalue weighted by Crippen LogP contribution is 2.63. The maximum atomic E-state index is 13.7. The van der Waals surface area contributed by atoms with Crippen LogP contribution in [-0.4, -0.2) is 75.8 Å². The van der Waals surface area contributed by atoms with Crippen LogP contribution in [0.5, 0.6) is 0 Å². The van der Waals surface area contributed by atoms with E-state index >= 15 is 0 Å². The zero-order valence-electron chi connectivity index (χ0n) is 19.1. The van der Waals surface area contributed by atoms with Gasteiger partial charge in [-0.05, 0) is 23.0 Å². The van der Waals surface area contributed by atoms with E-state index in [-0.39, 0.29) is 0 Å². The van der Waals surface area contributed by atoms with E-state index in [1.807, 2.05) is 0 Å². The van der Waals surface area contributed by atoms with Crippen molar-refractivity contribution in [2.45, 2.75) is 84.2 Å². The molecule has 0 aliphatic rings. The van der Waals surface area contributed by atoms with E-state index < -0.39 is 101 Å². The lowest BCUT2D eigenvalue weighted by Crippen LogP contribution is -2.70. The van der Waals surface area contributed by atoms with E-state index in [1.165, 1.54) is 0 Å². The van der Waals surface area contributed by atoms with Crippen LogP contribution in [0, 0.1) is 0 Å². The predicted molar refractivity (Wildman–Crippen MR) is 97.7 cm³/mol. The van der Waals surface area contributed by atoms with Crippen molar-refractivity contribution in [3.63, 3.8) is 0 Å². The molecule has 0 aliphatic carbocycles. The van der Waals surface area contributed by atoms with Gasteiger partial charge in [0.1, 0.15) is 0 Å². The molecule has 0 saturated heterocycles. The van der Waals surface area contributed by atoms with Gasteiger partial charge in [-0.15, -0.1) is 0 Å². The van der Waals surface area contributed by atoms with Crippen molar-refractivity contribution in [2.24, 2.45) is 0 Å². The lowest BCUT2D eigenvalue weighted by atomic mass is 9.89. The minimum absolute atomic E-state index is 0.609. The molecule has 0 aromatic heterocycles. The van der Waals surface area contributed by atoms with Gasteiger partial charge < -0.3 is 0 Å². The molecule has 43 heavy (non-hydrogen) atoms. The van der Waals surface area contributed by atoms with Gasteiger partial charge in [-0.1, -0.05) is 22.6 Å². The summed E-state index contributed by atoms with van der Waals surface area (Å²) in [4.78, 5) is 0. The molecule has 0 N–H and O–H groups in total. The van der Waals surface area contributed by atoms with E-state index in [9.17, 15) is 110 Å². The van der Waals surface area contributed by atoms with E-state index in [4.69, 9.17) is 0 Å². The monoisotopic (exact) mass is 814 g/mol. The molecule has 0 atom stereocenters. The molecule has 258 valence electrons. The summed E-state index contributed by atoms with van der Waals surface area (Å²) in [5.41, 5.74) is 0. The number of hydrogen-bond donors (Lipinski definition) is 0. The summed E-state index contributed by atoms with van der Waals surface area (Å²) < 4.78 is 331. The first kappa shape index (κ1) is 41.7. The van der Waals surface area contributed by atoms with Crippen LogP contribution in [0.2, 0.25) is 0 Å². The zero-order chi connectivity index (χ0) is 35.5. The van der Waals surface area contributed by atoms with Crippen molar-refractivity contribution in [3.8, 4) is 0 Å². The molecule has 0 spiro atoms. The molecule has 0 heterocycles. The second kappa shape index (κ2) is 11.2. The van der Waals surface area contributed by atoms with E-state index in [0.29, 0.717) is 0 Å². The normalized spacial score (nSPS) is 16.8. The van der Waals surface area contributed by atoms with Gasteiger partial charge in [-0.3, -0.25) is 0 Å². The van der Waals surface area contributed by atoms with Gasteiger partial charge in [-0.2, -0.15) is 110 Å². The van der Waals surface area contributed by atoms with Crippen LogP contribution < -0.4 is 0 Å². The largest absolute Gasteiger partial charge is 0.460 e. The second-order valence-corrected chi connectivity index (χ2v) is 9.25. The summed E-state index contributed by atoms with van der Waals surface area (Å²) in [5, 5.41) is 0. The minimum atomic E-state index is -8.70. The molecule has 0 unspecified atom stereocenters. The summed E-state index contributed by atoms with van der Waals surface area (Å²) in [5.74, 6) is -88.9. The fourth-order valence-electron chi connectivity index (χ4n) is 2.48. The van der Waals surface area contributed by atoms with Crippen molar-refractivity contribution in [3.05, 3.63) is 12.2 Å². The molecular weight excluding hydrogens is 806 g/mol. The molecule has 0 radical (unpaired) electrons. The molecule has 0 aromatic rings. The number of rotatable bonds is 14. The summed E-state index contributed by atoms with van der Waals surface area (Å²) in [7, 11) is 0. The van der Waals surface area contributed by atoms with Crippen LogP contribution in [0.15, 0.2) is 12.2 Å². The number of allylic oxidation sites excluding steroid dienone is 2. The maximum absolute atomic E-state index is 13.7. The average Bonchev–Trinajstić information content (AvgIpc) is 2.79. The van der Waals surface area contributed by atoms with Gasteiger partial charge in [0.15, 0.2) is 0 Å². The third-order valence-electron chi connectivity index (χ3n) is 5.15. The Kier molecular flexibility index (Phi) is 10.9. The second-order valence-electron chi connectivity index (χ2n) is 8.17. The van der Waals surface area contributed by atoms with Crippen molar-refractivity contribution in [2.75, 3.05) is 4.43 Å². The van der Waals surface area contributed by atoms with Gasteiger partial charge >= 0.3 is 71.3 Å². The molecule has 0 aromatic carbocycles. The van der Waals surface area contributed by atoms with Crippen molar-refractivity contribution >= 4 is 22.6 Å². The lowest BCUT2D eigenvalue weighted by Gasteiger charge is -2.41. The Morgan fingerprint density at radius 3 is 0.860 bits per heavy atom. The van der Waals surface area contributed by atoms with Crippen molar-refractivity contribution in [1.29, 1.82) is 0 Å². The highest BCUT2D eigenvalue weighted by atomic mass is 127. The Hall–Kier alpha value is -1.28. The molecule has 0 saturated carbocycles. The van der Waals surface area contributed by atoms with Gasteiger partial charge in [0, 0.05) is 6.42 Å². The summed E-state index contributed by atoms with van der Waals surface area (Å²) in [6.07, 6.45) is -17.6. The number of halogens is 26. The first-order chi connectivity index (χ1) is 18.3. The zero-order valence-corrected chi connectivity index (χ0v) is 21.3. The third-order valence-corrected chi connectivity index (χ3v) is 5.91. The van der Waals surface area contributed by atoms with Crippen molar-refractivity contribution < 1.29 is 110 Å². The first-order valence-electron chi connectivity index (χ1n) is 9.76. The molecule has 26 heteroatoms. The third kappa shape index (κ3) is 6.02. The van der Waals surface area contributed by atoms with E-state index in [2.05, 4.69) is 0 Å². The van der Waals surface area contributed by atoms with Gasteiger partial charge in [-0.25, -0.2) is 0 Å². The SMILES string of the molecule is FC(F)(F)C(F)(F)C(F)(F)C(F)(F)C(F)(F)C(F)(F)C=CC(F)(F)C(F)(F)C(F)(F)C(F)(F)C(F)(F)C(F)(F)CCCI. The van der Waals surface area contributed by atoms with Gasteiger partial charge in [0.25, 0.3) is 0 Å². The standard InChI is InChI=1S/C17H8F25I/c18-6(19,2-1-5-43)9(24,25)12(30,31)13(32,33)10(26,27)7(20,21)3-4-8(22,23)11(28,29)14(34,35)15(36,37)16(38,39)17(40,41)42/h3-4H,1-2,5H2. The Balaban J connectivity index is 6.89. The fourth-order valence-corrected chi connectivity index (χ4v) is 2.86. The van der Waals surface area contributed by atoms with Gasteiger partial charge in [0.05, 0.1) is 0 Å². The van der Waals surface area contributed by atoms with Crippen molar-refractivity contribution in [1.82, 2.24) is 0 Å². The Morgan fingerprint density at radius 1 is 0.349 bits per heavy atom. The molecule has 0 rings (SSSR count). The van der Waals surface area contributed by atoms with Crippen LogP contribution >= 0.6 is 22.6 Å². The number of hydrogen-bond acceptors (Lipinski definition) is 0. The van der Waals surface area contributed by atoms with Gasteiger partial charge in [0.2, 0.25) is 0 Å². The lowest BCUT2D eigenvalue weighted by molar-refractivity contribution is -0.436. The molecule has 0 nitrogen and oxygen atoms in total. The summed E-state index contributed by atoms with van der Waals surface area (Å²) >= 11 is 1.12. The molecule has 0 fully saturated rings. The Bertz CT molecular complexity index is 1000. The molecule has 0 bridgehead atoms. The average molecular weight is 814 g/mol. The smallest absolute Gasteiger partial charge is 0.200 e. The first-order valence-corrected chi connectivity index (χ1v) is 11.3. The highest BCUT2D eigenvalue weighted by Gasteiger charge is 2.92. The van der Waals surface area contributed by atoms with Crippen LogP contribution in [0.4, 0.5) is 110 Å². The molecule has 0 amide bonds. The predicted octanol–water partition coefficient (Wildman–Crippen LogP) is 10.3. The highest BCUT2D eigenvalue weighted by molar-refractivity contribution is 14.1. The quantitative estimate of drug-likeness (QED) is 0.0710. The maximum Gasteiger partial charge on any atom is 0.460 e. The Morgan fingerprint density at radius 2 is 0.605 bits per heavy atom. The molecular formula is C17H8F25I. The topological polar surface area (TPSA) is 0 Å². The van der Waals surface area contributed by atoms with Crippen LogP contribution in [0.3, 0.4) is 0 Å². The summed E-state index contributed by atoms with van der Waals surface area (Å²) in [6.45, 7) is 0. The fraction of sp³-hybridized carbons (Fsp3) is 0.882. The van der Waals surface area contributed by atoms with E-state index in [0.717, 1.165) is 22.6 Å². The number of alkyl halides is 26. The van der Waals surface area contributed by atoms with Crippen LogP contribution in [0.25, 0.3) is 0 Å². The summed E-state index contributed by atoms with van der Waals surface area (Å²) in [6, 6.07) is 0. The minimum Gasteiger partial charge on any atom is -0.200 e. The van der Waals surface area contributed by atoms with Crippen LogP contribution in [-0.2, 0) is 0 Å².